The molecule has 0 aliphatic rings. The molecule has 0 aromatic heterocycles. The average molecular weight is 187 g/mol. The zero-order valence-electron chi connectivity index (χ0n) is 8.00. The molecule has 3 nitrogen and oxygen atoms in total. The highest BCUT2D eigenvalue weighted by Gasteiger charge is 1.94. The number of rotatable bonds is 4. The fourth-order valence-electron chi connectivity index (χ4n) is 0.786. The van der Waals surface area contributed by atoms with Crippen LogP contribution in [0.2, 0.25) is 0 Å². The molecule has 0 aromatic carbocycles. The number of aliphatic imine (C=N–C) groups is 1. The first kappa shape index (κ1) is 11.5. The molecule has 0 fully saturated rings. The Labute approximate surface area is 79.9 Å². The van der Waals surface area contributed by atoms with Gasteiger partial charge in [0.2, 0.25) is 0 Å². The van der Waals surface area contributed by atoms with E-state index in [0.717, 1.165) is 19.6 Å². The fourth-order valence-corrected chi connectivity index (χ4v) is 0.860. The second-order valence-corrected chi connectivity index (χ2v) is 2.74. The van der Waals surface area contributed by atoms with Gasteiger partial charge in [-0.05, 0) is 25.3 Å². The van der Waals surface area contributed by atoms with Crippen LogP contribution in [-0.4, -0.2) is 42.9 Å². The van der Waals surface area contributed by atoms with Crippen molar-refractivity contribution < 1.29 is 0 Å². The topological polar surface area (TPSA) is 27.6 Å². The summed E-state index contributed by atoms with van der Waals surface area (Å²) in [5.74, 6) is 0. The van der Waals surface area contributed by atoms with Gasteiger partial charge in [-0.15, -0.1) is 0 Å². The largest absolute Gasteiger partial charge is 0.364 e. The second kappa shape index (κ2) is 7.18. The van der Waals surface area contributed by atoms with Crippen LogP contribution < -0.4 is 5.32 Å². The monoisotopic (exact) mass is 187 g/mol. The lowest BCUT2D eigenvalue weighted by Crippen LogP contribution is -2.25. The third-order valence-corrected chi connectivity index (χ3v) is 1.97. The van der Waals surface area contributed by atoms with E-state index in [1.165, 1.54) is 0 Å². The molecular formula is C8H17N3S. The third kappa shape index (κ3) is 5.21. The molecule has 12 heavy (non-hydrogen) atoms. The number of nitrogens with one attached hydrogen (secondary N) is 1. The van der Waals surface area contributed by atoms with E-state index in [0.29, 0.717) is 5.11 Å². The Morgan fingerprint density at radius 3 is 2.50 bits per heavy atom. The summed E-state index contributed by atoms with van der Waals surface area (Å²) in [6, 6.07) is 0. The number of hydrogen-bond donors (Lipinski definition) is 1. The van der Waals surface area contributed by atoms with E-state index in [9.17, 15) is 0 Å². The summed E-state index contributed by atoms with van der Waals surface area (Å²) in [5.41, 5.74) is 0. The quantitative estimate of drug-likeness (QED) is 0.523. The van der Waals surface area contributed by atoms with Crippen molar-refractivity contribution in [3.63, 3.8) is 0 Å². The van der Waals surface area contributed by atoms with Gasteiger partial charge in [-0.25, -0.2) is 4.99 Å². The van der Waals surface area contributed by atoms with E-state index in [1.807, 2.05) is 6.21 Å². The highest BCUT2D eigenvalue weighted by atomic mass is 32.1. The molecule has 0 saturated carbocycles. The molecule has 0 spiro atoms. The van der Waals surface area contributed by atoms with Crippen molar-refractivity contribution in [3.8, 4) is 0 Å². The van der Waals surface area contributed by atoms with Crippen molar-refractivity contribution in [2.75, 3.05) is 26.7 Å². The SMILES string of the molecule is CCN(CC)C/C=N\C(=S)NC. The summed E-state index contributed by atoms with van der Waals surface area (Å²) in [6.07, 6.45) is 1.84. The van der Waals surface area contributed by atoms with Gasteiger partial charge in [0.25, 0.3) is 0 Å². The van der Waals surface area contributed by atoms with Gasteiger partial charge in [-0.3, -0.25) is 4.90 Å². The summed E-state index contributed by atoms with van der Waals surface area (Å²) < 4.78 is 0. The van der Waals surface area contributed by atoms with Crippen LogP contribution in [0.3, 0.4) is 0 Å². The average Bonchev–Trinajstić information content (AvgIpc) is 2.12. The van der Waals surface area contributed by atoms with Crippen molar-refractivity contribution in [1.29, 1.82) is 0 Å². The molecule has 0 rings (SSSR count). The first-order chi connectivity index (χ1) is 5.74. The minimum Gasteiger partial charge on any atom is -0.364 e. The predicted molar refractivity (Wildman–Crippen MR) is 57.9 cm³/mol. The van der Waals surface area contributed by atoms with Crippen LogP contribution in [0, 0.1) is 0 Å². The van der Waals surface area contributed by atoms with Crippen LogP contribution in [0.5, 0.6) is 0 Å². The third-order valence-electron chi connectivity index (χ3n) is 1.66. The van der Waals surface area contributed by atoms with Gasteiger partial charge in [0.05, 0.1) is 0 Å². The Hall–Kier alpha value is -0.480. The van der Waals surface area contributed by atoms with Crippen molar-refractivity contribution >= 4 is 23.5 Å². The van der Waals surface area contributed by atoms with E-state index in [-0.39, 0.29) is 0 Å². The normalized spacial score (nSPS) is 11.0. The van der Waals surface area contributed by atoms with E-state index in [4.69, 9.17) is 12.2 Å². The highest BCUT2D eigenvalue weighted by Crippen LogP contribution is 1.83. The fraction of sp³-hybridized carbons (Fsp3) is 0.750. The summed E-state index contributed by atoms with van der Waals surface area (Å²) in [6.45, 7) is 7.24. The van der Waals surface area contributed by atoms with E-state index < -0.39 is 0 Å². The van der Waals surface area contributed by atoms with Crippen molar-refractivity contribution in [1.82, 2.24) is 10.2 Å². The Morgan fingerprint density at radius 1 is 1.50 bits per heavy atom. The van der Waals surface area contributed by atoms with Crippen molar-refractivity contribution in [2.45, 2.75) is 13.8 Å². The molecule has 0 saturated heterocycles. The Bertz CT molecular complexity index is 152. The molecule has 0 amide bonds. The second-order valence-electron chi connectivity index (χ2n) is 2.35. The standard InChI is InChI=1S/C8H17N3S/c1-4-11(5-2)7-6-10-8(12)9-3/h6H,4-5,7H2,1-3H3,(H,9,12)/b10-6-. The van der Waals surface area contributed by atoms with Crippen molar-refractivity contribution in [3.05, 3.63) is 0 Å². The zero-order valence-corrected chi connectivity index (χ0v) is 8.82. The summed E-state index contributed by atoms with van der Waals surface area (Å²) in [4.78, 5) is 6.30. The van der Waals surface area contributed by atoms with E-state index >= 15 is 0 Å². The van der Waals surface area contributed by atoms with Gasteiger partial charge >= 0.3 is 0 Å². The molecule has 70 valence electrons. The molecule has 0 aromatic rings. The molecule has 0 unspecified atom stereocenters. The minimum atomic E-state index is 0.544. The lowest BCUT2D eigenvalue weighted by Gasteiger charge is -2.14. The van der Waals surface area contributed by atoms with Crippen molar-refractivity contribution in [2.24, 2.45) is 4.99 Å². The van der Waals surface area contributed by atoms with Gasteiger partial charge in [-0.2, -0.15) is 0 Å². The Kier molecular flexibility index (Phi) is 6.90. The molecule has 0 aliphatic heterocycles. The molecule has 0 bridgehead atoms. The lowest BCUT2D eigenvalue weighted by molar-refractivity contribution is 0.350. The van der Waals surface area contributed by atoms with E-state index in [1.54, 1.807) is 7.05 Å². The number of nitrogens with zero attached hydrogens (tertiary/aromatic N) is 2. The lowest BCUT2D eigenvalue weighted by atomic mass is 10.5. The first-order valence-electron chi connectivity index (χ1n) is 4.21. The van der Waals surface area contributed by atoms with Gasteiger partial charge < -0.3 is 5.32 Å². The molecule has 0 radical (unpaired) electrons. The Balaban J connectivity index is 3.64. The van der Waals surface area contributed by atoms with Crippen LogP contribution in [0.15, 0.2) is 4.99 Å². The van der Waals surface area contributed by atoms with Crippen LogP contribution >= 0.6 is 12.2 Å². The number of hydrogen-bond acceptors (Lipinski definition) is 2. The molecule has 4 heteroatoms. The van der Waals surface area contributed by atoms with Gasteiger partial charge in [-0.1, -0.05) is 13.8 Å². The van der Waals surface area contributed by atoms with Gasteiger partial charge in [0, 0.05) is 19.8 Å². The summed E-state index contributed by atoms with van der Waals surface area (Å²) in [5, 5.41) is 3.33. The maximum atomic E-state index is 4.85. The smallest absolute Gasteiger partial charge is 0.192 e. The Morgan fingerprint density at radius 2 is 2.08 bits per heavy atom. The molecule has 0 aliphatic carbocycles. The first-order valence-corrected chi connectivity index (χ1v) is 4.62. The van der Waals surface area contributed by atoms with Crippen LogP contribution in [-0.2, 0) is 0 Å². The van der Waals surface area contributed by atoms with Gasteiger partial charge in [0.15, 0.2) is 5.11 Å². The maximum absolute atomic E-state index is 4.85. The molecule has 0 atom stereocenters. The number of thiocarbonyl (C=S) groups is 1. The minimum absolute atomic E-state index is 0.544. The van der Waals surface area contributed by atoms with E-state index in [2.05, 4.69) is 29.1 Å². The van der Waals surface area contributed by atoms with Crippen LogP contribution in [0.4, 0.5) is 0 Å². The summed E-state index contributed by atoms with van der Waals surface area (Å²) >= 11 is 4.85. The highest BCUT2D eigenvalue weighted by molar-refractivity contribution is 7.80. The van der Waals surface area contributed by atoms with Crippen LogP contribution in [0.1, 0.15) is 13.8 Å². The molecule has 1 N–H and O–H groups in total. The zero-order chi connectivity index (χ0) is 9.40. The van der Waals surface area contributed by atoms with Crippen LogP contribution in [0.25, 0.3) is 0 Å². The maximum Gasteiger partial charge on any atom is 0.192 e. The molecular weight excluding hydrogens is 170 g/mol. The van der Waals surface area contributed by atoms with Gasteiger partial charge in [0.1, 0.15) is 0 Å². The molecule has 0 heterocycles. The predicted octanol–water partition coefficient (Wildman–Crippen LogP) is 0.903. The summed E-state index contributed by atoms with van der Waals surface area (Å²) in [7, 11) is 1.77.